The molecule has 0 aliphatic heterocycles. The summed E-state index contributed by atoms with van der Waals surface area (Å²) in [7, 11) is 0. The molecule has 0 aliphatic rings. The molecule has 0 saturated heterocycles. The summed E-state index contributed by atoms with van der Waals surface area (Å²) in [4.78, 5) is 7.64. The molecule has 0 aromatic carbocycles. The maximum atomic E-state index is 5.11. The largest absolute Gasteiger partial charge is 0.347 e. The van der Waals surface area contributed by atoms with E-state index < -0.39 is 0 Å². The second-order valence-corrected chi connectivity index (χ2v) is 5.20. The Hall–Kier alpha value is -0.700. The van der Waals surface area contributed by atoms with E-state index in [-0.39, 0.29) is 5.41 Å². The number of hydrogen-bond acceptors (Lipinski definition) is 2. The molecule has 0 unspecified atom stereocenters. The summed E-state index contributed by atoms with van der Waals surface area (Å²) in [6, 6.07) is 1.93. The van der Waals surface area contributed by atoms with Gasteiger partial charge < -0.3 is 4.98 Å². The first kappa shape index (κ1) is 11.4. The Morgan fingerprint density at radius 2 is 2.07 bits per heavy atom. The van der Waals surface area contributed by atoms with E-state index in [9.17, 15) is 0 Å². The third kappa shape index (κ3) is 3.58. The fraction of sp³-hybridized carbons (Fsp3) is 0.636. The third-order valence-electron chi connectivity index (χ3n) is 1.93. The predicted molar refractivity (Wildman–Crippen MR) is 62.0 cm³/mol. The normalized spacial score (nSPS) is 11.7. The highest BCUT2D eigenvalue weighted by atomic mass is 32.1. The van der Waals surface area contributed by atoms with Gasteiger partial charge in [-0.15, -0.1) is 0 Å². The van der Waals surface area contributed by atoms with Crippen LogP contribution in [0.15, 0.2) is 6.07 Å². The van der Waals surface area contributed by atoms with E-state index in [0.29, 0.717) is 4.64 Å². The first-order valence-electron chi connectivity index (χ1n) is 5.00. The van der Waals surface area contributed by atoms with E-state index >= 15 is 0 Å². The summed E-state index contributed by atoms with van der Waals surface area (Å²) in [5, 5.41) is 0. The van der Waals surface area contributed by atoms with Crippen molar-refractivity contribution < 1.29 is 0 Å². The molecule has 0 fully saturated rings. The minimum Gasteiger partial charge on any atom is -0.347 e. The maximum Gasteiger partial charge on any atom is 0.129 e. The van der Waals surface area contributed by atoms with Gasteiger partial charge in [-0.05, 0) is 17.9 Å². The zero-order valence-corrected chi connectivity index (χ0v) is 10.2. The molecule has 0 saturated carbocycles. The van der Waals surface area contributed by atoms with Gasteiger partial charge in [0, 0.05) is 12.1 Å². The molecule has 78 valence electrons. The van der Waals surface area contributed by atoms with Crippen LogP contribution >= 0.6 is 12.2 Å². The van der Waals surface area contributed by atoms with E-state index in [0.717, 1.165) is 18.7 Å². The van der Waals surface area contributed by atoms with Crippen LogP contribution in [0.5, 0.6) is 0 Å². The first-order valence-corrected chi connectivity index (χ1v) is 5.40. The molecule has 0 spiro atoms. The molecule has 2 nitrogen and oxygen atoms in total. The Kier molecular flexibility index (Phi) is 3.43. The van der Waals surface area contributed by atoms with Gasteiger partial charge in [0.2, 0.25) is 0 Å². The Morgan fingerprint density at radius 3 is 2.57 bits per heavy atom. The van der Waals surface area contributed by atoms with Gasteiger partial charge in [0.05, 0.1) is 0 Å². The standard InChI is InChI=1S/C11H18N2S/c1-5-8-6-10(14)13-9(12-8)7-11(2,3)4/h6H,5,7H2,1-4H3,(H,12,13,14). The zero-order chi connectivity index (χ0) is 10.8. The van der Waals surface area contributed by atoms with E-state index in [4.69, 9.17) is 12.2 Å². The predicted octanol–water partition coefficient (Wildman–Crippen LogP) is 3.29. The van der Waals surface area contributed by atoms with E-state index in [1.807, 2.05) is 6.07 Å². The molecule has 0 aliphatic carbocycles. The number of aromatic nitrogens is 2. The van der Waals surface area contributed by atoms with Crippen molar-refractivity contribution in [3.05, 3.63) is 22.2 Å². The van der Waals surface area contributed by atoms with E-state index in [1.165, 1.54) is 5.69 Å². The number of aromatic amines is 1. The highest BCUT2D eigenvalue weighted by molar-refractivity contribution is 7.71. The second kappa shape index (κ2) is 4.22. The second-order valence-electron chi connectivity index (χ2n) is 4.78. The van der Waals surface area contributed by atoms with Crippen molar-refractivity contribution in [2.45, 2.75) is 40.5 Å². The number of nitrogens with zero attached hydrogens (tertiary/aromatic N) is 1. The molecule has 0 atom stereocenters. The average Bonchev–Trinajstić information content (AvgIpc) is 1.99. The Morgan fingerprint density at radius 1 is 1.43 bits per heavy atom. The number of aryl methyl sites for hydroxylation is 1. The monoisotopic (exact) mass is 210 g/mol. The van der Waals surface area contributed by atoms with Crippen LogP contribution in [-0.2, 0) is 12.8 Å². The van der Waals surface area contributed by atoms with Gasteiger partial charge in [0.25, 0.3) is 0 Å². The minimum atomic E-state index is 0.248. The van der Waals surface area contributed by atoms with Crippen LogP contribution in [0, 0.1) is 10.1 Å². The lowest BCUT2D eigenvalue weighted by Gasteiger charge is -2.17. The fourth-order valence-corrected chi connectivity index (χ4v) is 1.59. The summed E-state index contributed by atoms with van der Waals surface area (Å²) in [5.41, 5.74) is 1.42. The average molecular weight is 210 g/mol. The van der Waals surface area contributed by atoms with Crippen molar-refractivity contribution in [1.82, 2.24) is 9.97 Å². The molecule has 14 heavy (non-hydrogen) atoms. The Labute approximate surface area is 90.8 Å². The summed E-state index contributed by atoms with van der Waals surface area (Å²) >= 11 is 5.11. The molecule has 0 radical (unpaired) electrons. The minimum absolute atomic E-state index is 0.248. The maximum absolute atomic E-state index is 5.11. The van der Waals surface area contributed by atoms with Gasteiger partial charge in [-0.2, -0.15) is 0 Å². The number of rotatable bonds is 2. The van der Waals surface area contributed by atoms with Crippen molar-refractivity contribution in [3.63, 3.8) is 0 Å². The van der Waals surface area contributed by atoms with E-state index in [2.05, 4.69) is 37.7 Å². The molecule has 1 heterocycles. The molecule has 1 rings (SSSR count). The van der Waals surface area contributed by atoms with Crippen LogP contribution < -0.4 is 0 Å². The summed E-state index contributed by atoms with van der Waals surface area (Å²) in [6.45, 7) is 8.71. The van der Waals surface area contributed by atoms with Gasteiger partial charge in [0.1, 0.15) is 10.5 Å². The van der Waals surface area contributed by atoms with Crippen LogP contribution in [0.3, 0.4) is 0 Å². The quantitative estimate of drug-likeness (QED) is 0.759. The van der Waals surface area contributed by atoms with Crippen molar-refractivity contribution in [2.75, 3.05) is 0 Å². The molecule has 1 aromatic heterocycles. The van der Waals surface area contributed by atoms with Gasteiger partial charge in [-0.3, -0.25) is 0 Å². The topological polar surface area (TPSA) is 28.7 Å². The van der Waals surface area contributed by atoms with Gasteiger partial charge in [0.15, 0.2) is 0 Å². The van der Waals surface area contributed by atoms with Crippen LogP contribution in [0.4, 0.5) is 0 Å². The molecule has 0 amide bonds. The third-order valence-corrected chi connectivity index (χ3v) is 2.14. The van der Waals surface area contributed by atoms with Crippen molar-refractivity contribution in [1.29, 1.82) is 0 Å². The number of nitrogens with one attached hydrogen (secondary N) is 1. The fourth-order valence-electron chi connectivity index (χ4n) is 1.34. The van der Waals surface area contributed by atoms with Crippen LogP contribution in [0.2, 0.25) is 0 Å². The van der Waals surface area contributed by atoms with Crippen molar-refractivity contribution >= 4 is 12.2 Å². The molecule has 3 heteroatoms. The lowest BCUT2D eigenvalue weighted by molar-refractivity contribution is 0.400. The number of H-pyrrole nitrogens is 1. The van der Waals surface area contributed by atoms with Crippen LogP contribution in [-0.4, -0.2) is 9.97 Å². The first-order chi connectivity index (χ1) is 6.40. The Bertz CT molecular complexity index is 360. The van der Waals surface area contributed by atoms with Gasteiger partial charge >= 0.3 is 0 Å². The molecular formula is C11H18N2S. The Balaban J connectivity index is 2.98. The number of hydrogen-bond donors (Lipinski definition) is 1. The summed E-state index contributed by atoms with van der Waals surface area (Å²) < 4.78 is 0.694. The smallest absolute Gasteiger partial charge is 0.129 e. The van der Waals surface area contributed by atoms with Gasteiger partial charge in [-0.1, -0.05) is 39.9 Å². The lowest BCUT2D eigenvalue weighted by Crippen LogP contribution is -2.12. The molecule has 0 bridgehead atoms. The van der Waals surface area contributed by atoms with Gasteiger partial charge in [-0.25, -0.2) is 4.98 Å². The highest BCUT2D eigenvalue weighted by Gasteiger charge is 2.12. The van der Waals surface area contributed by atoms with Crippen LogP contribution in [0.1, 0.15) is 39.2 Å². The highest BCUT2D eigenvalue weighted by Crippen LogP contribution is 2.18. The molecular weight excluding hydrogens is 192 g/mol. The van der Waals surface area contributed by atoms with Crippen LogP contribution in [0.25, 0.3) is 0 Å². The van der Waals surface area contributed by atoms with Crippen molar-refractivity contribution in [2.24, 2.45) is 5.41 Å². The van der Waals surface area contributed by atoms with E-state index in [1.54, 1.807) is 0 Å². The zero-order valence-electron chi connectivity index (χ0n) is 9.35. The lowest BCUT2D eigenvalue weighted by atomic mass is 9.92. The SMILES string of the molecule is CCc1cc(=S)nc(CC(C)(C)C)[nH]1. The molecule has 1 N–H and O–H groups in total. The molecule has 1 aromatic rings. The summed E-state index contributed by atoms with van der Waals surface area (Å²) in [5.74, 6) is 1.00. The summed E-state index contributed by atoms with van der Waals surface area (Å²) in [6.07, 6.45) is 1.91. The van der Waals surface area contributed by atoms with Crippen molar-refractivity contribution in [3.8, 4) is 0 Å².